The van der Waals surface area contributed by atoms with Crippen LogP contribution >= 0.6 is 0 Å². The summed E-state index contributed by atoms with van der Waals surface area (Å²) < 4.78 is 10.4. The molecule has 2 rings (SSSR count). The van der Waals surface area contributed by atoms with Crippen molar-refractivity contribution in [1.82, 2.24) is 0 Å². The molecule has 0 saturated carbocycles. The second-order valence-corrected chi connectivity index (χ2v) is 5.97. The van der Waals surface area contributed by atoms with Crippen molar-refractivity contribution < 1.29 is 39.5 Å². The molecule has 2 aromatic rings. The molecule has 0 aromatic heterocycles. The summed E-state index contributed by atoms with van der Waals surface area (Å²) in [7, 11) is 0. The summed E-state index contributed by atoms with van der Waals surface area (Å²) in [5.74, 6) is -1.71. The molecule has 28 heavy (non-hydrogen) atoms. The molecule has 4 N–H and O–H groups in total. The fourth-order valence-corrected chi connectivity index (χ4v) is 2.47. The van der Waals surface area contributed by atoms with Crippen molar-refractivity contribution in [2.75, 3.05) is 13.2 Å². The first-order valence-corrected chi connectivity index (χ1v) is 8.57. The minimum atomic E-state index is -1.66. The molecule has 4 atom stereocenters. The minimum absolute atomic E-state index is 0.157. The monoisotopic (exact) mass is 390 g/mol. The lowest BCUT2D eigenvalue weighted by molar-refractivity contribution is -0.132. The van der Waals surface area contributed by atoms with Crippen molar-refractivity contribution in [2.45, 2.75) is 24.4 Å². The van der Waals surface area contributed by atoms with E-state index < -0.39 is 49.6 Å². The third kappa shape index (κ3) is 5.61. The number of rotatable bonds is 9. The number of esters is 2. The van der Waals surface area contributed by atoms with Gasteiger partial charge in [-0.25, -0.2) is 9.59 Å². The summed E-state index contributed by atoms with van der Waals surface area (Å²) in [6, 6.07) is 15.7. The van der Waals surface area contributed by atoms with Crippen LogP contribution in [0.1, 0.15) is 20.7 Å². The van der Waals surface area contributed by atoms with Crippen molar-refractivity contribution in [1.29, 1.82) is 0 Å². The van der Waals surface area contributed by atoms with Crippen molar-refractivity contribution in [3.63, 3.8) is 0 Å². The summed E-state index contributed by atoms with van der Waals surface area (Å²) in [4.78, 5) is 24.7. The molecule has 0 saturated heterocycles. The Balaban J connectivity index is 2.26. The first-order chi connectivity index (χ1) is 13.5. The van der Waals surface area contributed by atoms with Gasteiger partial charge in [0, 0.05) is 0 Å². The SMILES string of the molecule is O=C(O[C@@H]([C@H](OC(=O)c1ccccc1)[C@@H](O)CO)[C@H](O)CO)c1ccccc1. The van der Waals surface area contributed by atoms with Gasteiger partial charge in [0.15, 0.2) is 12.2 Å². The third-order valence-corrected chi connectivity index (χ3v) is 3.96. The number of ether oxygens (including phenoxy) is 2. The van der Waals surface area contributed by atoms with Crippen LogP contribution in [0.5, 0.6) is 0 Å². The van der Waals surface area contributed by atoms with Crippen molar-refractivity contribution in [3.8, 4) is 0 Å². The number of carbonyl (C=O) groups is 2. The van der Waals surface area contributed by atoms with Gasteiger partial charge in [-0.1, -0.05) is 36.4 Å². The molecule has 0 aliphatic rings. The molecule has 150 valence electrons. The fraction of sp³-hybridized carbons (Fsp3) is 0.300. The molecular weight excluding hydrogens is 368 g/mol. The van der Waals surface area contributed by atoms with Crippen LogP contribution in [0.15, 0.2) is 60.7 Å². The number of aliphatic hydroxyl groups is 4. The summed E-state index contributed by atoms with van der Waals surface area (Å²) in [6.07, 6.45) is -6.56. The number of benzene rings is 2. The van der Waals surface area contributed by atoms with Gasteiger partial charge in [-0.2, -0.15) is 0 Å². The van der Waals surface area contributed by atoms with Crippen molar-refractivity contribution >= 4 is 11.9 Å². The lowest BCUT2D eigenvalue weighted by Gasteiger charge is -2.32. The van der Waals surface area contributed by atoms with Crippen LogP contribution in [-0.2, 0) is 9.47 Å². The Labute approximate surface area is 161 Å². The summed E-state index contributed by atoms with van der Waals surface area (Å²) >= 11 is 0. The van der Waals surface area contributed by atoms with Gasteiger partial charge in [0.2, 0.25) is 0 Å². The van der Waals surface area contributed by atoms with E-state index in [-0.39, 0.29) is 11.1 Å². The molecule has 0 radical (unpaired) electrons. The molecule has 8 heteroatoms. The Morgan fingerprint density at radius 1 is 0.679 bits per heavy atom. The highest BCUT2D eigenvalue weighted by Gasteiger charge is 2.39. The highest BCUT2D eigenvalue weighted by Crippen LogP contribution is 2.18. The molecule has 0 bridgehead atoms. The molecule has 0 spiro atoms. The number of carbonyl (C=O) groups excluding carboxylic acids is 2. The first kappa shape index (κ1) is 21.5. The zero-order valence-electron chi connectivity index (χ0n) is 14.9. The van der Waals surface area contributed by atoms with Crippen LogP contribution in [0.2, 0.25) is 0 Å². The topological polar surface area (TPSA) is 134 Å². The van der Waals surface area contributed by atoms with Gasteiger partial charge in [-0.3, -0.25) is 0 Å². The minimum Gasteiger partial charge on any atom is -0.452 e. The van der Waals surface area contributed by atoms with Gasteiger partial charge >= 0.3 is 11.9 Å². The van der Waals surface area contributed by atoms with E-state index in [0.29, 0.717) is 0 Å². The van der Waals surface area contributed by atoms with E-state index in [0.717, 1.165) is 0 Å². The van der Waals surface area contributed by atoms with Gasteiger partial charge in [-0.15, -0.1) is 0 Å². The van der Waals surface area contributed by atoms with E-state index >= 15 is 0 Å². The Morgan fingerprint density at radius 3 is 1.29 bits per heavy atom. The van der Waals surface area contributed by atoms with Crippen LogP contribution < -0.4 is 0 Å². The largest absolute Gasteiger partial charge is 0.452 e. The molecule has 0 aliphatic carbocycles. The first-order valence-electron chi connectivity index (χ1n) is 8.57. The van der Waals surface area contributed by atoms with Gasteiger partial charge in [-0.05, 0) is 24.3 Å². The van der Waals surface area contributed by atoms with Gasteiger partial charge in [0.1, 0.15) is 12.2 Å². The average Bonchev–Trinajstić information content (AvgIpc) is 2.75. The predicted octanol–water partition coefficient (Wildman–Crippen LogP) is 0.144. The lowest BCUT2D eigenvalue weighted by atomic mass is 10.0. The van der Waals surface area contributed by atoms with E-state index in [1.165, 1.54) is 24.3 Å². The van der Waals surface area contributed by atoms with E-state index in [1.807, 2.05) is 0 Å². The number of aliphatic hydroxyl groups excluding tert-OH is 4. The zero-order chi connectivity index (χ0) is 20.5. The lowest BCUT2D eigenvalue weighted by Crippen LogP contribution is -2.51. The number of hydrogen-bond donors (Lipinski definition) is 4. The van der Waals surface area contributed by atoms with E-state index in [9.17, 15) is 30.0 Å². The molecule has 2 aromatic carbocycles. The molecule has 0 aliphatic heterocycles. The Morgan fingerprint density at radius 2 is 1.00 bits per heavy atom. The van der Waals surface area contributed by atoms with Gasteiger partial charge in [0.25, 0.3) is 0 Å². The Kier molecular flexibility index (Phi) is 8.09. The van der Waals surface area contributed by atoms with Crippen LogP contribution in [0.25, 0.3) is 0 Å². The van der Waals surface area contributed by atoms with Crippen molar-refractivity contribution in [3.05, 3.63) is 71.8 Å². The van der Waals surface area contributed by atoms with E-state index in [1.54, 1.807) is 36.4 Å². The highest BCUT2D eigenvalue weighted by atomic mass is 16.6. The van der Waals surface area contributed by atoms with Gasteiger partial charge in [0.05, 0.1) is 24.3 Å². The predicted molar refractivity (Wildman–Crippen MR) is 97.5 cm³/mol. The normalized spacial score (nSPS) is 15.1. The van der Waals surface area contributed by atoms with Crippen molar-refractivity contribution in [2.24, 2.45) is 0 Å². The zero-order valence-corrected chi connectivity index (χ0v) is 14.9. The molecule has 8 nitrogen and oxygen atoms in total. The Bertz CT molecular complexity index is 684. The Hall–Kier alpha value is -2.78. The maximum atomic E-state index is 12.3. The second kappa shape index (κ2) is 10.5. The van der Waals surface area contributed by atoms with Crippen LogP contribution in [0.3, 0.4) is 0 Å². The summed E-state index contributed by atoms with van der Waals surface area (Å²) in [6.45, 7) is -1.66. The fourth-order valence-electron chi connectivity index (χ4n) is 2.47. The van der Waals surface area contributed by atoms with E-state index in [4.69, 9.17) is 9.47 Å². The van der Waals surface area contributed by atoms with E-state index in [2.05, 4.69) is 0 Å². The average molecular weight is 390 g/mol. The third-order valence-electron chi connectivity index (χ3n) is 3.96. The van der Waals surface area contributed by atoms with Crippen LogP contribution in [-0.4, -0.2) is 70.0 Å². The molecule has 0 unspecified atom stereocenters. The summed E-state index contributed by atoms with van der Waals surface area (Å²) in [5.41, 5.74) is 0.313. The van der Waals surface area contributed by atoms with Gasteiger partial charge < -0.3 is 29.9 Å². The molecule has 0 fully saturated rings. The standard InChI is InChI=1S/C20H22O8/c21-11-15(23)17(27-19(25)13-7-3-1-4-8-13)18(16(24)12-22)28-20(26)14-9-5-2-6-10-14/h1-10,15-18,21-24H,11-12H2/t15-,16+,17-,18-/m1/s1. The quantitative estimate of drug-likeness (QED) is 0.445. The summed E-state index contributed by atoms with van der Waals surface area (Å²) in [5, 5.41) is 38.8. The molecule has 0 amide bonds. The second-order valence-electron chi connectivity index (χ2n) is 5.97. The van der Waals surface area contributed by atoms with Crippen LogP contribution in [0, 0.1) is 0 Å². The maximum absolute atomic E-state index is 12.3. The smallest absolute Gasteiger partial charge is 0.338 e. The number of hydrogen-bond acceptors (Lipinski definition) is 8. The molecular formula is C20H22O8. The molecule has 0 heterocycles. The van der Waals surface area contributed by atoms with Crippen LogP contribution in [0.4, 0.5) is 0 Å². The maximum Gasteiger partial charge on any atom is 0.338 e. The highest BCUT2D eigenvalue weighted by molar-refractivity contribution is 5.90.